The Balaban J connectivity index is 2.01. The largest absolute Gasteiger partial charge is 0.391 e. The highest BCUT2D eigenvalue weighted by Gasteiger charge is 2.26. The van der Waals surface area contributed by atoms with Crippen molar-refractivity contribution in [2.75, 3.05) is 13.1 Å². The molecule has 2 rings (SSSR count). The van der Waals surface area contributed by atoms with Crippen LogP contribution in [0.5, 0.6) is 0 Å². The summed E-state index contributed by atoms with van der Waals surface area (Å²) < 4.78 is 0. The summed E-state index contributed by atoms with van der Waals surface area (Å²) in [6.45, 7) is 1.57. The van der Waals surface area contributed by atoms with Gasteiger partial charge >= 0.3 is 0 Å². The van der Waals surface area contributed by atoms with Crippen LogP contribution < -0.4 is 5.32 Å². The van der Waals surface area contributed by atoms with E-state index in [1.165, 1.54) is 0 Å². The van der Waals surface area contributed by atoms with Crippen LogP contribution in [0.3, 0.4) is 0 Å². The number of β-amino-alcohol motifs (C(OH)–C–C–N with tert-alkyl or cyclic N) is 1. The summed E-state index contributed by atoms with van der Waals surface area (Å²) in [4.78, 5) is 5.04. The Morgan fingerprint density at radius 1 is 1.69 bits per heavy atom. The Morgan fingerprint density at radius 3 is 3.08 bits per heavy atom. The zero-order chi connectivity index (χ0) is 9.26. The van der Waals surface area contributed by atoms with Crippen LogP contribution in [-0.2, 0) is 6.42 Å². The third-order valence-corrected chi connectivity index (χ3v) is 3.64. The minimum atomic E-state index is -0.238. The van der Waals surface area contributed by atoms with E-state index in [4.69, 9.17) is 11.6 Å². The van der Waals surface area contributed by atoms with E-state index in [1.54, 1.807) is 16.8 Å². The molecule has 0 radical (unpaired) electrons. The molecule has 2 heterocycles. The lowest BCUT2D eigenvalue weighted by Crippen LogP contribution is -2.19. The van der Waals surface area contributed by atoms with Gasteiger partial charge in [0.15, 0.2) is 0 Å². The van der Waals surface area contributed by atoms with Gasteiger partial charge < -0.3 is 10.4 Å². The van der Waals surface area contributed by atoms with Gasteiger partial charge in [-0.1, -0.05) is 11.6 Å². The molecule has 1 fully saturated rings. The van der Waals surface area contributed by atoms with Crippen molar-refractivity contribution in [2.45, 2.75) is 12.5 Å². The number of nitrogens with one attached hydrogen (secondary N) is 1. The summed E-state index contributed by atoms with van der Waals surface area (Å²) in [5, 5.41) is 13.3. The Hall–Kier alpha value is -0.160. The monoisotopic (exact) mass is 218 g/mol. The fraction of sp³-hybridized carbons (Fsp3) is 0.625. The molecule has 0 bridgehead atoms. The molecular formula is C8H11ClN2OS. The first-order chi connectivity index (χ1) is 6.27. The number of hydrogen-bond donors (Lipinski definition) is 2. The first kappa shape index (κ1) is 9.40. The zero-order valence-corrected chi connectivity index (χ0v) is 8.61. The van der Waals surface area contributed by atoms with Gasteiger partial charge in [-0.15, -0.1) is 11.3 Å². The van der Waals surface area contributed by atoms with Crippen molar-refractivity contribution in [1.29, 1.82) is 0 Å². The molecule has 1 aromatic heterocycles. The second-order valence-corrected chi connectivity index (χ2v) is 4.55. The molecule has 1 aliphatic heterocycles. The Morgan fingerprint density at radius 2 is 2.54 bits per heavy atom. The SMILES string of the molecule is OC1CNCC1Cc1scnc1Cl. The maximum atomic E-state index is 9.56. The maximum Gasteiger partial charge on any atom is 0.143 e. The minimum absolute atomic E-state index is 0.238. The summed E-state index contributed by atoms with van der Waals surface area (Å²) in [5.74, 6) is 0.290. The second kappa shape index (κ2) is 3.92. The average Bonchev–Trinajstić information content (AvgIpc) is 2.65. The van der Waals surface area contributed by atoms with E-state index in [0.29, 0.717) is 11.7 Å². The van der Waals surface area contributed by atoms with Gasteiger partial charge in [0.1, 0.15) is 5.15 Å². The highest BCUT2D eigenvalue weighted by Crippen LogP contribution is 2.24. The first-order valence-electron chi connectivity index (χ1n) is 4.24. The molecule has 0 aliphatic carbocycles. The van der Waals surface area contributed by atoms with Crippen molar-refractivity contribution in [3.63, 3.8) is 0 Å². The highest BCUT2D eigenvalue weighted by molar-refractivity contribution is 7.10. The van der Waals surface area contributed by atoms with Crippen LogP contribution in [0.1, 0.15) is 4.88 Å². The number of hydrogen-bond acceptors (Lipinski definition) is 4. The number of aliphatic hydroxyl groups is 1. The predicted molar refractivity (Wildman–Crippen MR) is 53.2 cm³/mol. The number of aliphatic hydroxyl groups excluding tert-OH is 1. The molecule has 1 aromatic rings. The van der Waals surface area contributed by atoms with Crippen molar-refractivity contribution in [2.24, 2.45) is 5.92 Å². The lowest BCUT2D eigenvalue weighted by molar-refractivity contribution is 0.148. The van der Waals surface area contributed by atoms with Crippen LogP contribution in [0.4, 0.5) is 0 Å². The number of aromatic nitrogens is 1. The number of rotatable bonds is 2. The molecule has 13 heavy (non-hydrogen) atoms. The molecule has 0 amide bonds. The number of thiazole rings is 1. The maximum absolute atomic E-state index is 9.56. The lowest BCUT2D eigenvalue weighted by Gasteiger charge is -2.11. The number of halogens is 1. The van der Waals surface area contributed by atoms with Crippen LogP contribution in [0.2, 0.25) is 5.15 Å². The summed E-state index contributed by atoms with van der Waals surface area (Å²) in [5.41, 5.74) is 1.74. The first-order valence-corrected chi connectivity index (χ1v) is 5.50. The van der Waals surface area contributed by atoms with E-state index in [0.717, 1.165) is 17.8 Å². The molecule has 2 unspecified atom stereocenters. The molecular weight excluding hydrogens is 208 g/mol. The Labute approximate surface area is 85.8 Å². The molecule has 0 saturated carbocycles. The molecule has 0 spiro atoms. The Bertz CT molecular complexity index is 291. The van der Waals surface area contributed by atoms with E-state index in [1.807, 2.05) is 0 Å². The van der Waals surface area contributed by atoms with Gasteiger partial charge in [-0.2, -0.15) is 0 Å². The smallest absolute Gasteiger partial charge is 0.143 e. The van der Waals surface area contributed by atoms with Gasteiger partial charge in [0, 0.05) is 23.9 Å². The summed E-state index contributed by atoms with van der Waals surface area (Å²) in [6, 6.07) is 0. The third kappa shape index (κ3) is 2.02. The van der Waals surface area contributed by atoms with Crippen molar-refractivity contribution in [3.05, 3.63) is 15.5 Å². The molecule has 3 nitrogen and oxygen atoms in total. The van der Waals surface area contributed by atoms with Crippen LogP contribution in [-0.4, -0.2) is 29.3 Å². The second-order valence-electron chi connectivity index (χ2n) is 3.26. The van der Waals surface area contributed by atoms with Gasteiger partial charge in [0.25, 0.3) is 0 Å². The van der Waals surface area contributed by atoms with Crippen molar-refractivity contribution >= 4 is 22.9 Å². The molecule has 5 heteroatoms. The van der Waals surface area contributed by atoms with Crippen LogP contribution in [0, 0.1) is 5.92 Å². The summed E-state index contributed by atoms with van der Waals surface area (Å²) in [7, 11) is 0. The van der Waals surface area contributed by atoms with E-state index >= 15 is 0 Å². The standard InChI is InChI=1S/C8H11ClN2OS/c9-8-7(13-4-11-8)1-5-2-10-3-6(5)12/h4-6,10,12H,1-3H2. The van der Waals surface area contributed by atoms with Crippen molar-refractivity contribution in [3.8, 4) is 0 Å². The van der Waals surface area contributed by atoms with Crippen molar-refractivity contribution < 1.29 is 5.11 Å². The topological polar surface area (TPSA) is 45.1 Å². The Kier molecular flexibility index (Phi) is 2.83. The van der Waals surface area contributed by atoms with Gasteiger partial charge in [-0.05, 0) is 6.42 Å². The third-order valence-electron chi connectivity index (χ3n) is 2.34. The highest BCUT2D eigenvalue weighted by atomic mass is 35.5. The van der Waals surface area contributed by atoms with Gasteiger partial charge in [0.05, 0.1) is 11.6 Å². The molecule has 1 aliphatic rings. The fourth-order valence-electron chi connectivity index (χ4n) is 1.55. The quantitative estimate of drug-likeness (QED) is 0.776. The lowest BCUT2D eigenvalue weighted by atomic mass is 10.0. The van der Waals surface area contributed by atoms with Gasteiger partial charge in [-0.3, -0.25) is 0 Å². The molecule has 2 N–H and O–H groups in total. The van der Waals surface area contributed by atoms with E-state index in [2.05, 4.69) is 10.3 Å². The molecule has 0 aromatic carbocycles. The van der Waals surface area contributed by atoms with E-state index in [-0.39, 0.29) is 12.0 Å². The van der Waals surface area contributed by atoms with Crippen LogP contribution >= 0.6 is 22.9 Å². The van der Waals surface area contributed by atoms with Crippen molar-refractivity contribution in [1.82, 2.24) is 10.3 Å². The predicted octanol–water partition coefficient (Wildman–Crippen LogP) is 0.919. The summed E-state index contributed by atoms with van der Waals surface area (Å²) >= 11 is 7.42. The van der Waals surface area contributed by atoms with E-state index in [9.17, 15) is 5.11 Å². The average molecular weight is 219 g/mol. The zero-order valence-electron chi connectivity index (χ0n) is 7.03. The number of nitrogens with zero attached hydrogens (tertiary/aromatic N) is 1. The van der Waals surface area contributed by atoms with Crippen LogP contribution in [0.25, 0.3) is 0 Å². The minimum Gasteiger partial charge on any atom is -0.391 e. The molecule has 72 valence electrons. The van der Waals surface area contributed by atoms with Gasteiger partial charge in [-0.25, -0.2) is 4.98 Å². The molecule has 1 saturated heterocycles. The fourth-order valence-corrected chi connectivity index (χ4v) is 2.62. The van der Waals surface area contributed by atoms with Crippen LogP contribution in [0.15, 0.2) is 5.51 Å². The van der Waals surface area contributed by atoms with E-state index < -0.39 is 0 Å². The normalized spacial score (nSPS) is 28.2. The summed E-state index contributed by atoms with van der Waals surface area (Å²) in [6.07, 6.45) is 0.593. The van der Waals surface area contributed by atoms with Gasteiger partial charge in [0.2, 0.25) is 0 Å². The molecule has 2 atom stereocenters.